The van der Waals surface area contributed by atoms with Crippen molar-refractivity contribution in [1.29, 1.82) is 0 Å². The first-order chi connectivity index (χ1) is 7.75. The number of nitrogens with zero attached hydrogens (tertiary/aromatic N) is 1. The van der Waals surface area contributed by atoms with E-state index in [1.165, 1.54) is 4.31 Å². The first-order valence-electron chi connectivity index (χ1n) is 5.62. The van der Waals surface area contributed by atoms with Crippen LogP contribution in [0.4, 0.5) is 0 Å². The van der Waals surface area contributed by atoms with E-state index in [9.17, 15) is 13.2 Å². The Kier molecular flexibility index (Phi) is 4.32. The van der Waals surface area contributed by atoms with E-state index in [0.717, 1.165) is 0 Å². The van der Waals surface area contributed by atoms with Gasteiger partial charge in [-0.1, -0.05) is 12.2 Å². The maximum Gasteiger partial charge on any atom is 0.308 e. The standard InChI is InChI=1S/C11H19NO4S/c1-8(2)7-17(15,16)12-6-4-5-10(9(12)3)11(13)14/h9-10H,1,4-7H2,2-3H3,(H,13,14)/t9-,10-/m1/s1. The number of carboxylic acid groups (broad SMARTS) is 1. The van der Waals surface area contributed by atoms with E-state index in [2.05, 4.69) is 6.58 Å². The molecule has 1 aliphatic rings. The molecular formula is C11H19NO4S. The third-order valence-corrected chi connectivity index (χ3v) is 5.12. The predicted octanol–water partition coefficient (Wildman–Crippen LogP) is 1.08. The van der Waals surface area contributed by atoms with Crippen LogP contribution in [0.2, 0.25) is 0 Å². The molecule has 0 aromatic heterocycles. The number of piperidine rings is 1. The average Bonchev–Trinajstić information content (AvgIpc) is 2.14. The molecular weight excluding hydrogens is 242 g/mol. The van der Waals surface area contributed by atoms with E-state index in [1.807, 2.05) is 0 Å². The molecule has 0 saturated carbocycles. The maximum atomic E-state index is 12.0. The first kappa shape index (κ1) is 14.2. The summed E-state index contributed by atoms with van der Waals surface area (Å²) in [5.41, 5.74) is 0.564. The van der Waals surface area contributed by atoms with Crippen LogP contribution in [-0.4, -0.2) is 42.1 Å². The Labute approximate surface area is 102 Å². The molecule has 1 heterocycles. The summed E-state index contributed by atoms with van der Waals surface area (Å²) in [5.74, 6) is -1.64. The van der Waals surface area contributed by atoms with E-state index in [4.69, 9.17) is 5.11 Å². The summed E-state index contributed by atoms with van der Waals surface area (Å²) in [7, 11) is -3.43. The van der Waals surface area contributed by atoms with Crippen LogP contribution in [0.3, 0.4) is 0 Å². The zero-order chi connectivity index (χ0) is 13.2. The number of rotatable bonds is 4. The Morgan fingerprint density at radius 3 is 2.59 bits per heavy atom. The van der Waals surface area contributed by atoms with Gasteiger partial charge in [-0.05, 0) is 26.7 Å². The molecule has 0 aromatic carbocycles. The molecule has 0 unspecified atom stereocenters. The second-order valence-electron chi connectivity index (χ2n) is 4.65. The monoisotopic (exact) mass is 261 g/mol. The highest BCUT2D eigenvalue weighted by atomic mass is 32.2. The minimum Gasteiger partial charge on any atom is -0.481 e. The van der Waals surface area contributed by atoms with Gasteiger partial charge in [0.05, 0.1) is 11.7 Å². The van der Waals surface area contributed by atoms with Crippen LogP contribution in [0, 0.1) is 5.92 Å². The molecule has 1 fully saturated rings. The Hall–Kier alpha value is -0.880. The minimum absolute atomic E-state index is 0.107. The summed E-state index contributed by atoms with van der Waals surface area (Å²) in [6.07, 6.45) is 1.13. The molecule has 0 spiro atoms. The molecule has 5 nitrogen and oxygen atoms in total. The molecule has 98 valence electrons. The summed E-state index contributed by atoms with van der Waals surface area (Å²) in [4.78, 5) is 11.0. The van der Waals surface area contributed by atoms with Gasteiger partial charge in [0, 0.05) is 12.6 Å². The van der Waals surface area contributed by atoms with E-state index >= 15 is 0 Å². The predicted molar refractivity (Wildman–Crippen MR) is 65.1 cm³/mol. The Morgan fingerprint density at radius 2 is 2.12 bits per heavy atom. The molecule has 0 bridgehead atoms. The molecule has 1 rings (SSSR count). The third-order valence-electron chi connectivity index (χ3n) is 3.03. The Morgan fingerprint density at radius 1 is 1.53 bits per heavy atom. The van der Waals surface area contributed by atoms with Gasteiger partial charge in [0.15, 0.2) is 0 Å². The third kappa shape index (κ3) is 3.29. The summed E-state index contributed by atoms with van der Waals surface area (Å²) < 4.78 is 25.4. The lowest BCUT2D eigenvalue weighted by Crippen LogP contribution is -2.49. The lowest BCUT2D eigenvalue weighted by Gasteiger charge is -2.36. The molecule has 0 aliphatic carbocycles. The lowest BCUT2D eigenvalue weighted by atomic mass is 9.92. The number of carboxylic acids is 1. The highest BCUT2D eigenvalue weighted by Crippen LogP contribution is 2.26. The van der Waals surface area contributed by atoms with Crippen LogP contribution in [0.1, 0.15) is 26.7 Å². The molecule has 17 heavy (non-hydrogen) atoms. The van der Waals surface area contributed by atoms with Crippen LogP contribution in [0.15, 0.2) is 12.2 Å². The van der Waals surface area contributed by atoms with Crippen molar-refractivity contribution < 1.29 is 18.3 Å². The number of aliphatic carboxylic acids is 1. The quantitative estimate of drug-likeness (QED) is 0.768. The van der Waals surface area contributed by atoms with Crippen molar-refractivity contribution in [2.45, 2.75) is 32.7 Å². The summed E-state index contributed by atoms with van der Waals surface area (Å²) >= 11 is 0. The minimum atomic E-state index is -3.43. The summed E-state index contributed by atoms with van der Waals surface area (Å²) in [5, 5.41) is 9.04. The zero-order valence-corrected chi connectivity index (χ0v) is 11.0. The zero-order valence-electron chi connectivity index (χ0n) is 10.2. The Balaban J connectivity index is 2.90. The number of hydrogen-bond donors (Lipinski definition) is 1. The van der Waals surface area contributed by atoms with Crippen LogP contribution in [0.5, 0.6) is 0 Å². The van der Waals surface area contributed by atoms with Crippen LogP contribution >= 0.6 is 0 Å². The van der Waals surface area contributed by atoms with Crippen molar-refractivity contribution >= 4 is 16.0 Å². The van der Waals surface area contributed by atoms with Crippen molar-refractivity contribution in [2.75, 3.05) is 12.3 Å². The van der Waals surface area contributed by atoms with Crippen molar-refractivity contribution in [3.63, 3.8) is 0 Å². The molecule has 1 N–H and O–H groups in total. The van der Waals surface area contributed by atoms with E-state index in [-0.39, 0.29) is 5.75 Å². The first-order valence-corrected chi connectivity index (χ1v) is 7.23. The average molecular weight is 261 g/mol. The second-order valence-corrected chi connectivity index (χ2v) is 6.57. The summed E-state index contributed by atoms with van der Waals surface area (Å²) in [6.45, 7) is 7.31. The normalized spacial score (nSPS) is 26.7. The van der Waals surface area contributed by atoms with Gasteiger partial charge in [-0.2, -0.15) is 4.31 Å². The van der Waals surface area contributed by atoms with Crippen molar-refractivity contribution in [3.05, 3.63) is 12.2 Å². The largest absolute Gasteiger partial charge is 0.481 e. The highest BCUT2D eigenvalue weighted by molar-refractivity contribution is 7.89. The molecule has 0 radical (unpaired) electrons. The fraction of sp³-hybridized carbons (Fsp3) is 0.727. The SMILES string of the molecule is C=C(C)CS(=O)(=O)N1CCC[C@@H](C(=O)O)[C@H]1C. The molecule has 1 aliphatic heterocycles. The maximum absolute atomic E-state index is 12.0. The smallest absolute Gasteiger partial charge is 0.308 e. The van der Waals surface area contributed by atoms with Gasteiger partial charge in [0.25, 0.3) is 0 Å². The second kappa shape index (κ2) is 5.18. The number of hydrogen-bond acceptors (Lipinski definition) is 3. The topological polar surface area (TPSA) is 74.7 Å². The molecule has 2 atom stereocenters. The van der Waals surface area contributed by atoms with Gasteiger partial charge in [-0.3, -0.25) is 4.79 Å². The molecule has 0 aromatic rings. The van der Waals surface area contributed by atoms with Crippen molar-refractivity contribution in [3.8, 4) is 0 Å². The van der Waals surface area contributed by atoms with Gasteiger partial charge in [-0.25, -0.2) is 8.42 Å². The van der Waals surface area contributed by atoms with Gasteiger partial charge in [-0.15, -0.1) is 0 Å². The fourth-order valence-electron chi connectivity index (χ4n) is 2.23. The van der Waals surface area contributed by atoms with E-state index in [0.29, 0.717) is 25.0 Å². The van der Waals surface area contributed by atoms with E-state index < -0.39 is 28.0 Å². The molecule has 0 amide bonds. The van der Waals surface area contributed by atoms with Crippen LogP contribution in [-0.2, 0) is 14.8 Å². The van der Waals surface area contributed by atoms with Crippen molar-refractivity contribution in [1.82, 2.24) is 4.31 Å². The van der Waals surface area contributed by atoms with Gasteiger partial charge in [0.1, 0.15) is 0 Å². The van der Waals surface area contributed by atoms with E-state index in [1.54, 1.807) is 13.8 Å². The number of sulfonamides is 1. The Bertz CT molecular complexity index is 415. The van der Waals surface area contributed by atoms with Crippen LogP contribution < -0.4 is 0 Å². The lowest BCUT2D eigenvalue weighted by molar-refractivity contribution is -0.144. The van der Waals surface area contributed by atoms with Gasteiger partial charge >= 0.3 is 5.97 Å². The van der Waals surface area contributed by atoms with Gasteiger partial charge < -0.3 is 5.11 Å². The summed E-state index contributed by atoms with van der Waals surface area (Å²) in [6, 6.07) is -0.481. The van der Waals surface area contributed by atoms with Crippen LogP contribution in [0.25, 0.3) is 0 Å². The van der Waals surface area contributed by atoms with Gasteiger partial charge in [0.2, 0.25) is 10.0 Å². The highest BCUT2D eigenvalue weighted by Gasteiger charge is 2.38. The van der Waals surface area contributed by atoms with Crippen molar-refractivity contribution in [2.24, 2.45) is 5.92 Å². The molecule has 1 saturated heterocycles. The fourth-order valence-corrected chi connectivity index (χ4v) is 4.08. The molecule has 6 heteroatoms. The number of carbonyl (C=O) groups is 1.